The molecule has 0 fully saturated rings. The maximum Gasteiger partial charge on any atom is 0.234 e. The summed E-state index contributed by atoms with van der Waals surface area (Å²) in [5.41, 5.74) is 4.15. The van der Waals surface area contributed by atoms with Crippen molar-refractivity contribution in [1.82, 2.24) is 15.2 Å². The first-order chi connectivity index (χ1) is 13.6. The summed E-state index contributed by atoms with van der Waals surface area (Å²) in [7, 11) is 1.63. The molecule has 2 N–H and O–H groups in total. The third-order valence-electron chi connectivity index (χ3n) is 4.42. The molecule has 2 aromatic carbocycles. The van der Waals surface area contributed by atoms with Crippen molar-refractivity contribution in [3.05, 3.63) is 53.6 Å². The molecule has 7 heteroatoms. The lowest BCUT2D eigenvalue weighted by Crippen LogP contribution is -2.16. The number of para-hydroxylation sites is 1. The summed E-state index contributed by atoms with van der Waals surface area (Å²) >= 11 is 1.31. The van der Waals surface area contributed by atoms with E-state index < -0.39 is 0 Å². The third kappa shape index (κ3) is 4.72. The summed E-state index contributed by atoms with van der Waals surface area (Å²) in [6, 6.07) is 13.7. The minimum Gasteiger partial charge on any atom is -0.497 e. The van der Waals surface area contributed by atoms with Crippen LogP contribution in [-0.2, 0) is 17.6 Å². The molecular weight excluding hydrogens is 372 g/mol. The molecule has 146 valence electrons. The first-order valence-corrected chi connectivity index (χ1v) is 10.2. The molecule has 28 heavy (non-hydrogen) atoms. The zero-order valence-electron chi connectivity index (χ0n) is 16.3. The second kappa shape index (κ2) is 9.41. The number of carbonyl (C=O) groups is 1. The topological polar surface area (TPSA) is 79.9 Å². The third-order valence-corrected chi connectivity index (χ3v) is 5.27. The fourth-order valence-electron chi connectivity index (χ4n) is 2.90. The maximum atomic E-state index is 12.5. The number of aryl methyl sites for hydroxylation is 2. The number of methoxy groups -OCH3 is 1. The molecule has 3 aromatic rings. The molecule has 1 amide bonds. The van der Waals surface area contributed by atoms with Crippen molar-refractivity contribution in [3.63, 3.8) is 0 Å². The van der Waals surface area contributed by atoms with Crippen LogP contribution in [0.15, 0.2) is 47.6 Å². The highest BCUT2D eigenvalue weighted by atomic mass is 32.2. The summed E-state index contributed by atoms with van der Waals surface area (Å²) in [6.07, 6.45) is 1.76. The van der Waals surface area contributed by atoms with Gasteiger partial charge in [0.15, 0.2) is 5.82 Å². The van der Waals surface area contributed by atoms with Crippen molar-refractivity contribution in [2.45, 2.75) is 31.8 Å². The van der Waals surface area contributed by atoms with E-state index in [0.29, 0.717) is 11.0 Å². The van der Waals surface area contributed by atoms with Crippen molar-refractivity contribution >= 4 is 23.4 Å². The maximum absolute atomic E-state index is 12.5. The van der Waals surface area contributed by atoms with E-state index in [1.165, 1.54) is 11.8 Å². The molecule has 1 aromatic heterocycles. The van der Waals surface area contributed by atoms with Crippen LogP contribution in [0, 0.1) is 0 Å². The Morgan fingerprint density at radius 2 is 1.79 bits per heavy atom. The largest absolute Gasteiger partial charge is 0.497 e. The van der Waals surface area contributed by atoms with Crippen molar-refractivity contribution in [2.24, 2.45) is 0 Å². The zero-order valence-corrected chi connectivity index (χ0v) is 17.1. The Balaban J connectivity index is 1.62. The van der Waals surface area contributed by atoms with Crippen molar-refractivity contribution in [1.29, 1.82) is 0 Å². The Kier molecular flexibility index (Phi) is 6.71. The van der Waals surface area contributed by atoms with Crippen LogP contribution >= 0.6 is 11.8 Å². The van der Waals surface area contributed by atoms with E-state index in [9.17, 15) is 4.79 Å². The molecule has 0 aliphatic carbocycles. The smallest absolute Gasteiger partial charge is 0.234 e. The molecule has 0 unspecified atom stereocenters. The Hall–Kier alpha value is -2.80. The molecule has 1 heterocycles. The number of anilines is 1. The second-order valence-electron chi connectivity index (χ2n) is 6.19. The van der Waals surface area contributed by atoms with E-state index >= 15 is 0 Å². The second-order valence-corrected chi connectivity index (χ2v) is 7.13. The molecule has 6 nitrogen and oxygen atoms in total. The quantitative estimate of drug-likeness (QED) is 0.554. The number of nitrogens with one attached hydrogen (secondary N) is 2. The highest BCUT2D eigenvalue weighted by Crippen LogP contribution is 2.24. The van der Waals surface area contributed by atoms with Gasteiger partial charge in [-0.05, 0) is 48.2 Å². The Morgan fingerprint density at radius 1 is 1.11 bits per heavy atom. The van der Waals surface area contributed by atoms with Gasteiger partial charge in [-0.15, -0.1) is 5.10 Å². The molecule has 0 radical (unpaired) electrons. The predicted molar refractivity (Wildman–Crippen MR) is 113 cm³/mol. The molecule has 0 saturated heterocycles. The molecule has 0 atom stereocenters. The summed E-state index contributed by atoms with van der Waals surface area (Å²) in [5, 5.41) is 10.7. The summed E-state index contributed by atoms with van der Waals surface area (Å²) in [5.74, 6) is 1.64. The summed E-state index contributed by atoms with van der Waals surface area (Å²) in [6.45, 7) is 4.18. The van der Waals surface area contributed by atoms with Crippen molar-refractivity contribution in [3.8, 4) is 17.1 Å². The Labute approximate surface area is 169 Å². The van der Waals surface area contributed by atoms with Crippen LogP contribution in [0.5, 0.6) is 5.75 Å². The van der Waals surface area contributed by atoms with Crippen LogP contribution in [0.25, 0.3) is 11.4 Å². The van der Waals surface area contributed by atoms with E-state index in [1.54, 1.807) is 7.11 Å². The van der Waals surface area contributed by atoms with E-state index in [2.05, 4.69) is 46.5 Å². The van der Waals surface area contributed by atoms with Gasteiger partial charge in [-0.2, -0.15) is 0 Å². The minimum absolute atomic E-state index is 0.0589. The molecule has 0 aliphatic heterocycles. The number of nitrogens with zero attached hydrogens (tertiary/aromatic N) is 2. The van der Waals surface area contributed by atoms with Crippen LogP contribution in [0.4, 0.5) is 5.69 Å². The number of rotatable bonds is 8. The molecule has 0 aliphatic rings. The number of H-pyrrole nitrogens is 1. The number of ether oxygens (including phenoxy) is 1. The SMILES string of the molecule is CCc1cccc(CC)c1NC(=O)CSc1n[nH]c(-c2ccc(OC)cc2)n1. The normalized spacial score (nSPS) is 10.7. The van der Waals surface area contributed by atoms with Gasteiger partial charge < -0.3 is 10.1 Å². The standard InChI is InChI=1S/C21H24N4O2S/c1-4-14-7-6-8-15(5-2)19(14)22-18(26)13-28-21-23-20(24-25-21)16-9-11-17(27-3)12-10-16/h6-12H,4-5,13H2,1-3H3,(H,22,26)(H,23,24,25). The fraction of sp³-hybridized carbons (Fsp3) is 0.286. The van der Waals surface area contributed by atoms with Gasteiger partial charge in [-0.25, -0.2) is 4.98 Å². The summed E-state index contributed by atoms with van der Waals surface area (Å²) < 4.78 is 5.16. The zero-order chi connectivity index (χ0) is 19.9. The number of aromatic nitrogens is 3. The molecule has 0 saturated carbocycles. The monoisotopic (exact) mass is 396 g/mol. The van der Waals surface area contributed by atoms with Gasteiger partial charge in [0.25, 0.3) is 0 Å². The number of aromatic amines is 1. The number of hydrogen-bond donors (Lipinski definition) is 2. The van der Waals surface area contributed by atoms with Gasteiger partial charge in [0.2, 0.25) is 11.1 Å². The molecule has 0 spiro atoms. The molecule has 0 bridgehead atoms. The van der Waals surface area contributed by atoms with Crippen molar-refractivity contribution < 1.29 is 9.53 Å². The summed E-state index contributed by atoms with van der Waals surface area (Å²) in [4.78, 5) is 16.9. The predicted octanol–water partition coefficient (Wildman–Crippen LogP) is 4.34. The van der Waals surface area contributed by atoms with Gasteiger partial charge in [0.05, 0.1) is 12.9 Å². The highest BCUT2D eigenvalue weighted by molar-refractivity contribution is 7.99. The number of thioether (sulfide) groups is 1. The van der Waals surface area contributed by atoms with Gasteiger partial charge in [-0.1, -0.05) is 43.8 Å². The van der Waals surface area contributed by atoms with Gasteiger partial charge in [0.1, 0.15) is 5.75 Å². The van der Waals surface area contributed by atoms with E-state index in [4.69, 9.17) is 4.74 Å². The average molecular weight is 397 g/mol. The number of carbonyl (C=O) groups excluding carboxylic acids is 1. The van der Waals surface area contributed by atoms with Crippen molar-refractivity contribution in [2.75, 3.05) is 18.2 Å². The Bertz CT molecular complexity index is 916. The lowest BCUT2D eigenvalue weighted by molar-refractivity contribution is -0.113. The first kappa shape index (κ1) is 19.9. The number of benzene rings is 2. The number of hydrogen-bond acceptors (Lipinski definition) is 5. The van der Waals surface area contributed by atoms with E-state index in [1.807, 2.05) is 30.3 Å². The molecule has 3 rings (SSSR count). The van der Waals surface area contributed by atoms with Crippen LogP contribution in [0.1, 0.15) is 25.0 Å². The number of amides is 1. The first-order valence-electron chi connectivity index (χ1n) is 9.24. The van der Waals surface area contributed by atoms with E-state index in [-0.39, 0.29) is 11.7 Å². The Morgan fingerprint density at radius 3 is 2.39 bits per heavy atom. The fourth-order valence-corrected chi connectivity index (χ4v) is 3.50. The lowest BCUT2D eigenvalue weighted by Gasteiger charge is -2.14. The minimum atomic E-state index is -0.0589. The van der Waals surface area contributed by atoms with Gasteiger partial charge in [0, 0.05) is 11.3 Å². The van der Waals surface area contributed by atoms with Gasteiger partial charge >= 0.3 is 0 Å². The highest BCUT2D eigenvalue weighted by Gasteiger charge is 2.12. The van der Waals surface area contributed by atoms with Gasteiger partial charge in [-0.3, -0.25) is 9.89 Å². The average Bonchev–Trinajstić information content (AvgIpc) is 3.21. The van der Waals surface area contributed by atoms with Crippen LogP contribution in [0.3, 0.4) is 0 Å². The molecular formula is C21H24N4O2S. The van der Waals surface area contributed by atoms with Crippen LogP contribution < -0.4 is 10.1 Å². The lowest BCUT2D eigenvalue weighted by atomic mass is 10.0. The van der Waals surface area contributed by atoms with Crippen LogP contribution in [0.2, 0.25) is 0 Å². The van der Waals surface area contributed by atoms with E-state index in [0.717, 1.165) is 41.0 Å². The van der Waals surface area contributed by atoms with Crippen LogP contribution in [-0.4, -0.2) is 34.0 Å².